The minimum Gasteiger partial charge on any atom is -0.304 e. The van der Waals surface area contributed by atoms with Gasteiger partial charge in [-0.15, -0.1) is 0 Å². The van der Waals surface area contributed by atoms with E-state index >= 15 is 0 Å². The molecule has 0 amide bonds. The van der Waals surface area contributed by atoms with Crippen molar-refractivity contribution in [2.45, 2.75) is 45.2 Å². The van der Waals surface area contributed by atoms with Crippen LogP contribution in [0.15, 0.2) is 0 Å². The van der Waals surface area contributed by atoms with Crippen LogP contribution >= 0.6 is 0 Å². The van der Waals surface area contributed by atoms with Crippen molar-refractivity contribution in [2.75, 3.05) is 0 Å². The molecule has 1 saturated carbocycles. The van der Waals surface area contributed by atoms with Crippen molar-refractivity contribution in [3.05, 3.63) is 0 Å². The SMILES string of the molecule is CC(C)C(=O)C1NC2CCC1C2. The zero-order valence-electron chi connectivity index (χ0n) is 7.84. The van der Waals surface area contributed by atoms with Gasteiger partial charge >= 0.3 is 0 Å². The van der Waals surface area contributed by atoms with Crippen LogP contribution in [-0.4, -0.2) is 17.9 Å². The summed E-state index contributed by atoms with van der Waals surface area (Å²) in [6.45, 7) is 3.99. The summed E-state index contributed by atoms with van der Waals surface area (Å²) >= 11 is 0. The maximum atomic E-state index is 11.7. The van der Waals surface area contributed by atoms with Crippen molar-refractivity contribution >= 4 is 5.78 Å². The van der Waals surface area contributed by atoms with Gasteiger partial charge in [0.2, 0.25) is 0 Å². The molecule has 1 saturated heterocycles. The Kier molecular flexibility index (Phi) is 1.95. The van der Waals surface area contributed by atoms with Gasteiger partial charge in [-0.2, -0.15) is 0 Å². The summed E-state index contributed by atoms with van der Waals surface area (Å²) in [4.78, 5) is 11.7. The number of fused-ring (bicyclic) bond motifs is 2. The van der Waals surface area contributed by atoms with Crippen LogP contribution in [0.1, 0.15) is 33.1 Å². The van der Waals surface area contributed by atoms with Gasteiger partial charge in [-0.05, 0) is 25.2 Å². The lowest BCUT2D eigenvalue weighted by Gasteiger charge is -2.23. The van der Waals surface area contributed by atoms with Crippen LogP contribution < -0.4 is 5.32 Å². The van der Waals surface area contributed by atoms with Crippen molar-refractivity contribution in [1.29, 1.82) is 0 Å². The third-order valence-corrected chi connectivity index (χ3v) is 3.24. The van der Waals surface area contributed by atoms with Crippen LogP contribution in [0.3, 0.4) is 0 Å². The third-order valence-electron chi connectivity index (χ3n) is 3.24. The van der Waals surface area contributed by atoms with Crippen LogP contribution in [0, 0.1) is 11.8 Å². The van der Waals surface area contributed by atoms with Gasteiger partial charge in [0.1, 0.15) is 0 Å². The highest BCUT2D eigenvalue weighted by Gasteiger charge is 2.42. The molecule has 1 heterocycles. The van der Waals surface area contributed by atoms with E-state index in [0.717, 1.165) is 0 Å². The highest BCUT2D eigenvalue weighted by molar-refractivity contribution is 5.86. The summed E-state index contributed by atoms with van der Waals surface area (Å²) < 4.78 is 0. The van der Waals surface area contributed by atoms with Crippen molar-refractivity contribution in [3.8, 4) is 0 Å². The maximum absolute atomic E-state index is 11.7. The number of nitrogens with one attached hydrogen (secondary N) is 1. The molecule has 2 aliphatic rings. The smallest absolute Gasteiger partial charge is 0.152 e. The average molecular weight is 167 g/mol. The van der Waals surface area contributed by atoms with Gasteiger partial charge in [-0.25, -0.2) is 0 Å². The van der Waals surface area contributed by atoms with Crippen molar-refractivity contribution in [2.24, 2.45) is 11.8 Å². The third kappa shape index (κ3) is 1.18. The Hall–Kier alpha value is -0.370. The Balaban J connectivity index is 2.02. The molecular formula is C10H17NO. The normalized spacial score (nSPS) is 39.4. The summed E-state index contributed by atoms with van der Waals surface area (Å²) in [5.41, 5.74) is 0. The monoisotopic (exact) mass is 167 g/mol. The molecule has 2 fully saturated rings. The molecule has 2 bridgehead atoms. The molecule has 2 heteroatoms. The molecule has 1 aliphatic carbocycles. The minimum atomic E-state index is 0.196. The van der Waals surface area contributed by atoms with Crippen LogP contribution in [0.2, 0.25) is 0 Å². The number of hydrogen-bond donors (Lipinski definition) is 1. The second-order valence-electron chi connectivity index (χ2n) is 4.47. The van der Waals surface area contributed by atoms with E-state index in [1.807, 2.05) is 13.8 Å². The number of ketones is 1. The van der Waals surface area contributed by atoms with E-state index in [1.54, 1.807) is 0 Å². The standard InChI is InChI=1S/C10H17NO/c1-6(2)10(12)9-7-3-4-8(5-7)11-9/h6-9,11H,3-5H2,1-2H3. The van der Waals surface area contributed by atoms with E-state index in [9.17, 15) is 4.79 Å². The van der Waals surface area contributed by atoms with E-state index in [-0.39, 0.29) is 12.0 Å². The van der Waals surface area contributed by atoms with Crippen LogP contribution in [0.4, 0.5) is 0 Å². The molecule has 0 aromatic carbocycles. The van der Waals surface area contributed by atoms with Gasteiger partial charge in [0, 0.05) is 12.0 Å². The molecule has 1 N–H and O–H groups in total. The predicted octanol–water partition coefficient (Wildman–Crippen LogP) is 1.35. The minimum absolute atomic E-state index is 0.196. The fourth-order valence-electron chi connectivity index (χ4n) is 2.53. The molecule has 3 atom stereocenters. The average Bonchev–Trinajstić information content (AvgIpc) is 2.62. The molecule has 2 rings (SSSR count). The van der Waals surface area contributed by atoms with Gasteiger partial charge in [0.05, 0.1) is 6.04 Å². The van der Waals surface area contributed by atoms with Crippen molar-refractivity contribution < 1.29 is 4.79 Å². The second kappa shape index (κ2) is 2.84. The Morgan fingerprint density at radius 2 is 2.17 bits per heavy atom. The number of piperidine rings is 1. The zero-order chi connectivity index (χ0) is 8.72. The summed E-state index contributed by atoms with van der Waals surface area (Å²) in [6, 6.07) is 0.853. The Labute approximate surface area is 73.7 Å². The predicted molar refractivity (Wildman–Crippen MR) is 47.9 cm³/mol. The molecule has 0 aromatic heterocycles. The number of carbonyl (C=O) groups is 1. The molecule has 0 radical (unpaired) electrons. The number of carbonyl (C=O) groups excluding carboxylic acids is 1. The topological polar surface area (TPSA) is 29.1 Å². The van der Waals surface area contributed by atoms with Crippen molar-refractivity contribution in [3.63, 3.8) is 0 Å². The quantitative estimate of drug-likeness (QED) is 0.672. The van der Waals surface area contributed by atoms with E-state index in [2.05, 4.69) is 5.32 Å². The Bertz CT molecular complexity index is 200. The van der Waals surface area contributed by atoms with Gasteiger partial charge < -0.3 is 5.32 Å². The first-order valence-electron chi connectivity index (χ1n) is 4.98. The van der Waals surface area contributed by atoms with E-state index < -0.39 is 0 Å². The molecule has 3 unspecified atom stereocenters. The maximum Gasteiger partial charge on any atom is 0.152 e. The van der Waals surface area contributed by atoms with Gasteiger partial charge in [0.15, 0.2) is 5.78 Å². The molecular weight excluding hydrogens is 150 g/mol. The first kappa shape index (κ1) is 8.24. The van der Waals surface area contributed by atoms with Crippen LogP contribution in [-0.2, 0) is 4.79 Å². The first-order valence-corrected chi connectivity index (χ1v) is 4.98. The van der Waals surface area contributed by atoms with E-state index in [4.69, 9.17) is 0 Å². The summed E-state index contributed by atoms with van der Waals surface area (Å²) in [5, 5.41) is 3.42. The van der Waals surface area contributed by atoms with Crippen molar-refractivity contribution in [1.82, 2.24) is 5.32 Å². The lowest BCUT2D eigenvalue weighted by Crippen LogP contribution is -2.43. The molecule has 2 nitrogen and oxygen atoms in total. The lowest BCUT2D eigenvalue weighted by molar-refractivity contribution is -0.124. The largest absolute Gasteiger partial charge is 0.304 e. The lowest BCUT2D eigenvalue weighted by atomic mass is 9.91. The van der Waals surface area contributed by atoms with Gasteiger partial charge in [0.25, 0.3) is 0 Å². The van der Waals surface area contributed by atoms with Crippen LogP contribution in [0.5, 0.6) is 0 Å². The molecule has 0 spiro atoms. The fourth-order valence-corrected chi connectivity index (χ4v) is 2.53. The molecule has 1 aliphatic heterocycles. The fraction of sp³-hybridized carbons (Fsp3) is 0.900. The summed E-state index contributed by atoms with van der Waals surface area (Å²) in [7, 11) is 0. The van der Waals surface area contributed by atoms with Crippen LogP contribution in [0.25, 0.3) is 0 Å². The highest BCUT2D eigenvalue weighted by Crippen LogP contribution is 2.36. The molecule has 0 aromatic rings. The zero-order valence-corrected chi connectivity index (χ0v) is 7.84. The summed E-state index contributed by atoms with van der Waals surface area (Å²) in [5.74, 6) is 1.27. The number of Topliss-reactive ketones (excluding diaryl/α,β-unsaturated/α-hetero) is 1. The first-order chi connectivity index (χ1) is 5.68. The number of hydrogen-bond acceptors (Lipinski definition) is 2. The Morgan fingerprint density at radius 1 is 1.42 bits per heavy atom. The Morgan fingerprint density at radius 3 is 2.58 bits per heavy atom. The van der Waals surface area contributed by atoms with E-state index in [0.29, 0.717) is 17.7 Å². The number of rotatable bonds is 2. The van der Waals surface area contributed by atoms with E-state index in [1.165, 1.54) is 19.3 Å². The van der Waals surface area contributed by atoms with Gasteiger partial charge in [-0.3, -0.25) is 4.79 Å². The second-order valence-corrected chi connectivity index (χ2v) is 4.47. The molecule has 12 heavy (non-hydrogen) atoms. The summed E-state index contributed by atoms with van der Waals surface area (Å²) in [6.07, 6.45) is 3.79. The van der Waals surface area contributed by atoms with Gasteiger partial charge in [-0.1, -0.05) is 13.8 Å². The molecule has 68 valence electrons. The highest BCUT2D eigenvalue weighted by atomic mass is 16.1.